The molecule has 120 valence electrons. The fraction of sp³-hybridized carbons (Fsp3) is 0.833. The standard InChI is InChI=1S/C18H33N3/c1-5-15-6-7-16(13-19-12-14(2)3)17(10-15)11-18-20-8-9-21(18)4/h8-9,14-17,19H,5-7,10-13H2,1-4H3. The predicted molar refractivity (Wildman–Crippen MR) is 89.2 cm³/mol. The Hall–Kier alpha value is -0.830. The van der Waals surface area contributed by atoms with Crippen LogP contribution in [0.4, 0.5) is 0 Å². The van der Waals surface area contributed by atoms with Gasteiger partial charge >= 0.3 is 0 Å². The number of rotatable bonds is 7. The quantitative estimate of drug-likeness (QED) is 0.831. The second kappa shape index (κ2) is 7.98. The minimum Gasteiger partial charge on any atom is -0.338 e. The number of nitrogens with one attached hydrogen (secondary N) is 1. The van der Waals surface area contributed by atoms with Crippen molar-refractivity contribution in [1.82, 2.24) is 14.9 Å². The number of hydrogen-bond donors (Lipinski definition) is 1. The molecule has 1 N–H and O–H groups in total. The van der Waals surface area contributed by atoms with Crippen molar-refractivity contribution in [3.63, 3.8) is 0 Å². The third-order valence-corrected chi connectivity index (χ3v) is 5.15. The van der Waals surface area contributed by atoms with E-state index in [4.69, 9.17) is 0 Å². The van der Waals surface area contributed by atoms with Crippen molar-refractivity contribution in [3.8, 4) is 0 Å². The summed E-state index contributed by atoms with van der Waals surface area (Å²) in [5.41, 5.74) is 0. The first-order valence-corrected chi connectivity index (χ1v) is 8.77. The summed E-state index contributed by atoms with van der Waals surface area (Å²) in [5, 5.41) is 3.68. The summed E-state index contributed by atoms with van der Waals surface area (Å²) in [4.78, 5) is 4.55. The van der Waals surface area contributed by atoms with Crippen LogP contribution >= 0.6 is 0 Å². The maximum atomic E-state index is 4.55. The van der Waals surface area contributed by atoms with Crippen LogP contribution < -0.4 is 5.32 Å². The summed E-state index contributed by atoms with van der Waals surface area (Å²) in [6.07, 6.45) is 10.7. The number of hydrogen-bond acceptors (Lipinski definition) is 2. The lowest BCUT2D eigenvalue weighted by atomic mass is 9.71. The van der Waals surface area contributed by atoms with Gasteiger partial charge in [-0.3, -0.25) is 0 Å². The van der Waals surface area contributed by atoms with Gasteiger partial charge in [0.2, 0.25) is 0 Å². The molecule has 0 saturated heterocycles. The Bertz CT molecular complexity index is 410. The van der Waals surface area contributed by atoms with Gasteiger partial charge in [0.1, 0.15) is 5.82 Å². The lowest BCUT2D eigenvalue weighted by molar-refractivity contribution is 0.167. The largest absolute Gasteiger partial charge is 0.338 e. The molecular formula is C18H33N3. The molecule has 1 heterocycles. The zero-order valence-corrected chi connectivity index (χ0v) is 14.3. The van der Waals surface area contributed by atoms with E-state index >= 15 is 0 Å². The van der Waals surface area contributed by atoms with Gasteiger partial charge in [0.15, 0.2) is 0 Å². The Morgan fingerprint density at radius 3 is 2.76 bits per heavy atom. The zero-order valence-electron chi connectivity index (χ0n) is 14.3. The highest BCUT2D eigenvalue weighted by atomic mass is 15.0. The number of aromatic nitrogens is 2. The van der Waals surface area contributed by atoms with E-state index in [-0.39, 0.29) is 0 Å². The van der Waals surface area contributed by atoms with Crippen molar-refractivity contribution < 1.29 is 0 Å². The lowest BCUT2D eigenvalue weighted by Crippen LogP contribution is -2.35. The summed E-state index contributed by atoms with van der Waals surface area (Å²) < 4.78 is 2.19. The highest BCUT2D eigenvalue weighted by molar-refractivity contribution is 4.95. The van der Waals surface area contributed by atoms with Crippen LogP contribution in [0.3, 0.4) is 0 Å². The van der Waals surface area contributed by atoms with Crippen LogP contribution in [0.1, 0.15) is 52.3 Å². The Kier molecular flexibility index (Phi) is 6.28. The zero-order chi connectivity index (χ0) is 15.2. The Labute approximate surface area is 130 Å². The molecule has 1 fully saturated rings. The van der Waals surface area contributed by atoms with E-state index in [0.717, 1.165) is 36.6 Å². The SMILES string of the molecule is CCC1CCC(CNCC(C)C)C(Cc2nccn2C)C1. The molecule has 0 aromatic carbocycles. The van der Waals surface area contributed by atoms with Gasteiger partial charge < -0.3 is 9.88 Å². The molecule has 1 aliphatic rings. The fourth-order valence-corrected chi connectivity index (χ4v) is 3.70. The molecule has 0 aliphatic heterocycles. The molecule has 3 nitrogen and oxygen atoms in total. The van der Waals surface area contributed by atoms with Gasteiger partial charge in [0, 0.05) is 25.9 Å². The van der Waals surface area contributed by atoms with E-state index in [0.29, 0.717) is 0 Å². The molecule has 0 bridgehead atoms. The monoisotopic (exact) mass is 291 g/mol. The number of aryl methyl sites for hydroxylation is 1. The Balaban J connectivity index is 1.94. The van der Waals surface area contributed by atoms with Gasteiger partial charge in [-0.05, 0) is 49.6 Å². The molecule has 0 amide bonds. The van der Waals surface area contributed by atoms with Crippen LogP contribution in [0.15, 0.2) is 12.4 Å². The summed E-state index contributed by atoms with van der Waals surface area (Å²) in [5.74, 6) is 4.54. The van der Waals surface area contributed by atoms with Crippen molar-refractivity contribution in [3.05, 3.63) is 18.2 Å². The van der Waals surface area contributed by atoms with E-state index in [1.807, 2.05) is 6.20 Å². The number of nitrogens with zero attached hydrogens (tertiary/aromatic N) is 2. The first-order valence-electron chi connectivity index (χ1n) is 8.77. The van der Waals surface area contributed by atoms with Crippen LogP contribution in [-0.2, 0) is 13.5 Å². The fourth-order valence-electron chi connectivity index (χ4n) is 3.70. The third kappa shape index (κ3) is 4.84. The van der Waals surface area contributed by atoms with Crippen LogP contribution in [-0.4, -0.2) is 22.6 Å². The molecule has 1 aliphatic carbocycles. The van der Waals surface area contributed by atoms with Crippen molar-refractivity contribution in [2.45, 2.75) is 52.9 Å². The molecule has 3 unspecified atom stereocenters. The Morgan fingerprint density at radius 1 is 1.33 bits per heavy atom. The Morgan fingerprint density at radius 2 is 2.14 bits per heavy atom. The average molecular weight is 291 g/mol. The molecule has 1 aromatic heterocycles. The van der Waals surface area contributed by atoms with Gasteiger partial charge in [-0.2, -0.15) is 0 Å². The summed E-state index contributed by atoms with van der Waals surface area (Å²) in [6.45, 7) is 9.24. The molecule has 2 rings (SSSR count). The average Bonchev–Trinajstić information content (AvgIpc) is 2.85. The normalized spacial score (nSPS) is 26.4. The smallest absolute Gasteiger partial charge is 0.108 e. The van der Waals surface area contributed by atoms with Crippen LogP contribution in [0, 0.1) is 23.7 Å². The van der Waals surface area contributed by atoms with Crippen LogP contribution in [0.25, 0.3) is 0 Å². The second-order valence-corrected chi connectivity index (χ2v) is 7.32. The van der Waals surface area contributed by atoms with Crippen molar-refractivity contribution in [1.29, 1.82) is 0 Å². The van der Waals surface area contributed by atoms with Gasteiger partial charge in [-0.15, -0.1) is 0 Å². The second-order valence-electron chi connectivity index (χ2n) is 7.32. The van der Waals surface area contributed by atoms with E-state index in [1.54, 1.807) is 0 Å². The summed E-state index contributed by atoms with van der Waals surface area (Å²) in [7, 11) is 2.12. The highest BCUT2D eigenvalue weighted by Crippen LogP contribution is 2.36. The van der Waals surface area contributed by atoms with Crippen molar-refractivity contribution in [2.75, 3.05) is 13.1 Å². The first-order chi connectivity index (χ1) is 10.1. The first kappa shape index (κ1) is 16.5. The molecule has 21 heavy (non-hydrogen) atoms. The van der Waals surface area contributed by atoms with E-state index < -0.39 is 0 Å². The van der Waals surface area contributed by atoms with E-state index in [1.165, 1.54) is 38.1 Å². The highest BCUT2D eigenvalue weighted by Gasteiger charge is 2.30. The van der Waals surface area contributed by atoms with Crippen LogP contribution in [0.2, 0.25) is 0 Å². The molecule has 0 radical (unpaired) electrons. The van der Waals surface area contributed by atoms with Gasteiger partial charge in [0.25, 0.3) is 0 Å². The molecule has 1 aromatic rings. The minimum atomic E-state index is 0.741. The van der Waals surface area contributed by atoms with E-state index in [9.17, 15) is 0 Å². The number of imidazole rings is 1. The molecule has 3 atom stereocenters. The minimum absolute atomic E-state index is 0.741. The van der Waals surface area contributed by atoms with Gasteiger partial charge in [-0.1, -0.05) is 33.6 Å². The molecule has 0 spiro atoms. The van der Waals surface area contributed by atoms with Gasteiger partial charge in [0.05, 0.1) is 0 Å². The molecular weight excluding hydrogens is 258 g/mol. The maximum Gasteiger partial charge on any atom is 0.108 e. The van der Waals surface area contributed by atoms with Crippen LogP contribution in [0.5, 0.6) is 0 Å². The lowest BCUT2D eigenvalue weighted by Gasteiger charge is -2.36. The van der Waals surface area contributed by atoms with E-state index in [2.05, 4.69) is 48.9 Å². The molecule has 3 heteroatoms. The molecule has 1 saturated carbocycles. The van der Waals surface area contributed by atoms with Crippen molar-refractivity contribution in [2.24, 2.45) is 30.7 Å². The van der Waals surface area contributed by atoms with Gasteiger partial charge in [-0.25, -0.2) is 4.98 Å². The summed E-state index contributed by atoms with van der Waals surface area (Å²) in [6, 6.07) is 0. The predicted octanol–water partition coefficient (Wildman–Crippen LogP) is 3.65. The third-order valence-electron chi connectivity index (χ3n) is 5.15. The topological polar surface area (TPSA) is 29.9 Å². The summed E-state index contributed by atoms with van der Waals surface area (Å²) >= 11 is 0. The maximum absolute atomic E-state index is 4.55. The van der Waals surface area contributed by atoms with Crippen molar-refractivity contribution >= 4 is 0 Å².